The summed E-state index contributed by atoms with van der Waals surface area (Å²) < 4.78 is 10.6. The van der Waals surface area contributed by atoms with Crippen molar-refractivity contribution in [2.75, 3.05) is 13.2 Å². The standard InChI is InChI=1S/C43H80O5/c1-3-5-7-9-11-13-15-17-19-20-21-22-23-24-26-28-30-32-34-36-38-43(46)48-41(39-44)40-47-42(45)37-35-33-31-29-27-25-18-16-14-12-10-8-6-4-2/h10,12,16,18,41,44H,3-9,11,13-15,17,19-40H2,1-2H3/b12-10+,18-16+/t41-/m0/s1. The van der Waals surface area contributed by atoms with E-state index in [2.05, 4.69) is 38.2 Å². The minimum atomic E-state index is -0.772. The van der Waals surface area contributed by atoms with Gasteiger partial charge in [-0.05, 0) is 38.5 Å². The van der Waals surface area contributed by atoms with Gasteiger partial charge in [-0.1, -0.05) is 192 Å². The van der Waals surface area contributed by atoms with Crippen molar-refractivity contribution >= 4 is 11.9 Å². The van der Waals surface area contributed by atoms with Gasteiger partial charge in [0.2, 0.25) is 0 Å². The first-order chi connectivity index (χ1) is 23.6. The van der Waals surface area contributed by atoms with Gasteiger partial charge in [0.15, 0.2) is 6.10 Å². The van der Waals surface area contributed by atoms with E-state index < -0.39 is 6.10 Å². The largest absolute Gasteiger partial charge is 0.462 e. The van der Waals surface area contributed by atoms with Gasteiger partial charge >= 0.3 is 11.9 Å². The maximum absolute atomic E-state index is 12.2. The Kier molecular flexibility index (Phi) is 38.5. The third kappa shape index (κ3) is 37.2. The van der Waals surface area contributed by atoms with E-state index in [1.165, 1.54) is 141 Å². The molecule has 0 aromatic carbocycles. The van der Waals surface area contributed by atoms with Crippen LogP contribution in [0.5, 0.6) is 0 Å². The molecule has 0 heterocycles. The number of allylic oxidation sites excluding steroid dienone is 4. The summed E-state index contributed by atoms with van der Waals surface area (Å²) in [6.45, 7) is 4.10. The molecule has 0 fully saturated rings. The number of esters is 2. The number of carbonyl (C=O) groups is 2. The van der Waals surface area contributed by atoms with Crippen molar-refractivity contribution < 1.29 is 24.2 Å². The topological polar surface area (TPSA) is 72.8 Å². The van der Waals surface area contributed by atoms with E-state index in [0.717, 1.165) is 51.4 Å². The van der Waals surface area contributed by atoms with Crippen LogP contribution in [-0.2, 0) is 19.1 Å². The summed E-state index contributed by atoms with van der Waals surface area (Å²) >= 11 is 0. The molecule has 5 nitrogen and oxygen atoms in total. The predicted octanol–water partition coefficient (Wildman–Crippen LogP) is 13.1. The van der Waals surface area contributed by atoms with Crippen LogP contribution in [0.3, 0.4) is 0 Å². The molecular weight excluding hydrogens is 596 g/mol. The fourth-order valence-corrected chi connectivity index (χ4v) is 6.04. The lowest BCUT2D eigenvalue weighted by Crippen LogP contribution is -2.28. The summed E-state index contributed by atoms with van der Waals surface area (Å²) in [6.07, 6.45) is 46.7. The maximum atomic E-state index is 12.2. The highest BCUT2D eigenvalue weighted by atomic mass is 16.6. The molecule has 0 radical (unpaired) electrons. The summed E-state index contributed by atoms with van der Waals surface area (Å²) in [5.41, 5.74) is 0. The summed E-state index contributed by atoms with van der Waals surface area (Å²) in [5, 5.41) is 9.56. The van der Waals surface area contributed by atoms with Gasteiger partial charge in [-0.2, -0.15) is 0 Å². The Morgan fingerprint density at radius 1 is 0.479 bits per heavy atom. The van der Waals surface area contributed by atoms with E-state index in [4.69, 9.17) is 9.47 Å². The van der Waals surface area contributed by atoms with Gasteiger partial charge in [-0.3, -0.25) is 9.59 Å². The van der Waals surface area contributed by atoms with Crippen molar-refractivity contribution in [2.24, 2.45) is 0 Å². The Morgan fingerprint density at radius 3 is 1.29 bits per heavy atom. The molecule has 48 heavy (non-hydrogen) atoms. The van der Waals surface area contributed by atoms with E-state index in [-0.39, 0.29) is 25.2 Å². The molecule has 0 bridgehead atoms. The number of hydrogen-bond donors (Lipinski definition) is 1. The Bertz CT molecular complexity index is 731. The monoisotopic (exact) mass is 677 g/mol. The van der Waals surface area contributed by atoms with Gasteiger partial charge in [0, 0.05) is 12.8 Å². The molecule has 0 saturated heterocycles. The Balaban J connectivity index is 3.51. The van der Waals surface area contributed by atoms with Crippen molar-refractivity contribution in [3.05, 3.63) is 24.3 Å². The van der Waals surface area contributed by atoms with Crippen molar-refractivity contribution in [1.82, 2.24) is 0 Å². The van der Waals surface area contributed by atoms with Crippen molar-refractivity contribution in [2.45, 2.75) is 225 Å². The van der Waals surface area contributed by atoms with E-state index in [0.29, 0.717) is 12.8 Å². The Morgan fingerprint density at radius 2 is 0.854 bits per heavy atom. The van der Waals surface area contributed by atoms with Crippen LogP contribution in [0.25, 0.3) is 0 Å². The van der Waals surface area contributed by atoms with Gasteiger partial charge in [0.25, 0.3) is 0 Å². The first kappa shape index (κ1) is 46.4. The number of unbranched alkanes of at least 4 members (excludes halogenated alkanes) is 26. The van der Waals surface area contributed by atoms with E-state index in [1.807, 2.05) is 0 Å². The zero-order chi connectivity index (χ0) is 35.0. The summed E-state index contributed by atoms with van der Waals surface area (Å²) in [7, 11) is 0. The molecule has 0 aliphatic carbocycles. The van der Waals surface area contributed by atoms with Gasteiger partial charge in [0.1, 0.15) is 6.61 Å². The van der Waals surface area contributed by atoms with Crippen LogP contribution < -0.4 is 0 Å². The average molecular weight is 677 g/mol. The molecule has 0 rings (SSSR count). The van der Waals surface area contributed by atoms with Crippen LogP contribution in [0.1, 0.15) is 219 Å². The third-order valence-electron chi connectivity index (χ3n) is 9.25. The number of carbonyl (C=O) groups excluding carboxylic acids is 2. The predicted molar refractivity (Wildman–Crippen MR) is 205 cm³/mol. The Hall–Kier alpha value is -1.62. The van der Waals surface area contributed by atoms with Gasteiger partial charge < -0.3 is 14.6 Å². The third-order valence-corrected chi connectivity index (χ3v) is 9.25. The fourth-order valence-electron chi connectivity index (χ4n) is 6.04. The molecule has 0 aromatic heterocycles. The molecule has 0 amide bonds. The van der Waals surface area contributed by atoms with Crippen LogP contribution in [-0.4, -0.2) is 36.4 Å². The molecule has 1 atom stereocenters. The number of hydrogen-bond acceptors (Lipinski definition) is 5. The van der Waals surface area contributed by atoms with Crippen molar-refractivity contribution in [3.8, 4) is 0 Å². The van der Waals surface area contributed by atoms with Gasteiger partial charge in [-0.25, -0.2) is 0 Å². The molecule has 0 aliphatic heterocycles. The molecule has 0 unspecified atom stereocenters. The highest BCUT2D eigenvalue weighted by molar-refractivity contribution is 5.70. The van der Waals surface area contributed by atoms with Gasteiger partial charge in [0.05, 0.1) is 6.61 Å². The maximum Gasteiger partial charge on any atom is 0.306 e. The first-order valence-electron chi connectivity index (χ1n) is 20.9. The number of ether oxygens (including phenoxy) is 2. The summed E-state index contributed by atoms with van der Waals surface area (Å²) in [4.78, 5) is 24.3. The minimum absolute atomic E-state index is 0.0690. The molecule has 0 saturated carbocycles. The van der Waals surface area contributed by atoms with Crippen LogP contribution >= 0.6 is 0 Å². The highest BCUT2D eigenvalue weighted by Gasteiger charge is 2.16. The summed E-state index contributed by atoms with van der Waals surface area (Å²) in [6, 6.07) is 0. The zero-order valence-electron chi connectivity index (χ0n) is 32.0. The Labute approximate surface area is 298 Å². The number of aliphatic hydroxyl groups is 1. The second kappa shape index (κ2) is 39.8. The second-order valence-electron chi connectivity index (χ2n) is 14.1. The molecule has 0 spiro atoms. The first-order valence-corrected chi connectivity index (χ1v) is 20.9. The number of rotatable bonds is 38. The number of aliphatic hydroxyl groups excluding tert-OH is 1. The second-order valence-corrected chi connectivity index (χ2v) is 14.1. The van der Waals surface area contributed by atoms with E-state index in [9.17, 15) is 14.7 Å². The lowest BCUT2D eigenvalue weighted by atomic mass is 10.0. The van der Waals surface area contributed by atoms with E-state index >= 15 is 0 Å². The SMILES string of the molecule is CCCC/C=C/C/C=C/CCCCCCCC(=O)OC[C@H](CO)OC(=O)CCCCCCCCCCCCCCCCCCCCCC. The zero-order valence-corrected chi connectivity index (χ0v) is 32.0. The van der Waals surface area contributed by atoms with Crippen molar-refractivity contribution in [3.63, 3.8) is 0 Å². The fraction of sp³-hybridized carbons (Fsp3) is 0.860. The normalized spacial score (nSPS) is 12.3. The van der Waals surface area contributed by atoms with E-state index in [1.54, 1.807) is 0 Å². The molecule has 0 aromatic rings. The van der Waals surface area contributed by atoms with Crippen LogP contribution in [0.2, 0.25) is 0 Å². The quantitative estimate of drug-likeness (QED) is 0.0400. The van der Waals surface area contributed by atoms with Crippen LogP contribution in [0, 0.1) is 0 Å². The molecule has 0 aliphatic rings. The highest BCUT2D eigenvalue weighted by Crippen LogP contribution is 2.15. The van der Waals surface area contributed by atoms with Crippen LogP contribution in [0.4, 0.5) is 0 Å². The van der Waals surface area contributed by atoms with Crippen molar-refractivity contribution in [1.29, 1.82) is 0 Å². The van der Waals surface area contributed by atoms with Gasteiger partial charge in [-0.15, -0.1) is 0 Å². The van der Waals surface area contributed by atoms with Crippen LogP contribution in [0.15, 0.2) is 24.3 Å². The molecule has 5 heteroatoms. The minimum Gasteiger partial charge on any atom is -0.462 e. The molecular formula is C43H80O5. The summed E-state index contributed by atoms with van der Waals surface area (Å²) in [5.74, 6) is -0.598. The smallest absolute Gasteiger partial charge is 0.306 e. The molecule has 282 valence electrons. The average Bonchev–Trinajstić information content (AvgIpc) is 3.09. The lowest BCUT2D eigenvalue weighted by molar-refractivity contribution is -0.161. The molecule has 1 N–H and O–H groups in total. The lowest BCUT2D eigenvalue weighted by Gasteiger charge is -2.15.